The van der Waals surface area contributed by atoms with Crippen LogP contribution in [-0.4, -0.2) is 87.2 Å². The number of carbonyl (C=O) groups excluding carboxylic acids is 2. The Kier molecular flexibility index (Phi) is 10.5. The number of phenolic OH excluding ortho intramolecular Hbond substituents is 8. The Morgan fingerprint density at radius 2 is 1.17 bits per heavy atom. The van der Waals surface area contributed by atoms with Gasteiger partial charge in [0.05, 0.1) is 12.3 Å². The lowest BCUT2D eigenvalue weighted by Crippen LogP contribution is -2.36. The molecular formula is C37H32O16. The molecule has 4 aromatic rings. The molecule has 1 aliphatic rings. The molecule has 53 heavy (non-hydrogen) atoms. The van der Waals surface area contributed by atoms with Crippen molar-refractivity contribution in [1.29, 1.82) is 0 Å². The third-order valence-electron chi connectivity index (χ3n) is 8.54. The summed E-state index contributed by atoms with van der Waals surface area (Å²) in [4.78, 5) is 52.5. The standard InChI is InChI=1S/C37H32O16/c38-22-5-1-16(10-26(22)42)9-20(15-30(45)46)52-36(50)21-13-18-4-8-25(41)34(47)32(18)33(31(21)19-3-7-24(40)28(44)14-19)37(51)53-29(35(48)49)12-17-2-6-23(39)27(43)11-17/h1-8,10-11,13-14,20,29,31,33,38-44,47H,9,12,15H2,(H,45,46)(H,48,49). The molecule has 0 spiro atoms. The van der Waals surface area contributed by atoms with Crippen LogP contribution in [0.2, 0.25) is 0 Å². The van der Waals surface area contributed by atoms with Crippen LogP contribution in [0, 0.1) is 0 Å². The van der Waals surface area contributed by atoms with Gasteiger partial charge >= 0.3 is 23.9 Å². The summed E-state index contributed by atoms with van der Waals surface area (Å²) in [6.07, 6.45) is -3.72. The van der Waals surface area contributed by atoms with Gasteiger partial charge in [0.25, 0.3) is 0 Å². The van der Waals surface area contributed by atoms with E-state index >= 15 is 0 Å². The molecule has 0 bridgehead atoms. The van der Waals surface area contributed by atoms with Crippen LogP contribution in [0.5, 0.6) is 46.0 Å². The molecule has 16 heteroatoms. The van der Waals surface area contributed by atoms with Gasteiger partial charge in [0.15, 0.2) is 46.0 Å². The van der Waals surface area contributed by atoms with Crippen molar-refractivity contribution in [1.82, 2.24) is 0 Å². The molecular weight excluding hydrogens is 700 g/mol. The molecule has 0 aliphatic heterocycles. The minimum atomic E-state index is -1.95. The van der Waals surface area contributed by atoms with E-state index < -0.39 is 107 Å². The van der Waals surface area contributed by atoms with Gasteiger partial charge in [-0.25, -0.2) is 9.59 Å². The summed E-state index contributed by atoms with van der Waals surface area (Å²) in [5.74, 6) is -14.0. The van der Waals surface area contributed by atoms with Crippen molar-refractivity contribution in [2.24, 2.45) is 0 Å². The summed E-state index contributed by atoms with van der Waals surface area (Å²) in [5.41, 5.74) is -0.424. The maximum Gasteiger partial charge on any atom is 0.345 e. The van der Waals surface area contributed by atoms with Crippen molar-refractivity contribution in [2.45, 2.75) is 43.3 Å². The average Bonchev–Trinajstić information content (AvgIpc) is 3.09. The van der Waals surface area contributed by atoms with E-state index in [2.05, 4.69) is 0 Å². The second-order valence-electron chi connectivity index (χ2n) is 12.2. The van der Waals surface area contributed by atoms with Gasteiger partial charge in [0.2, 0.25) is 6.10 Å². The molecule has 0 fully saturated rings. The molecule has 5 rings (SSSR count). The van der Waals surface area contributed by atoms with Crippen molar-refractivity contribution in [3.8, 4) is 46.0 Å². The summed E-state index contributed by atoms with van der Waals surface area (Å²) >= 11 is 0. The van der Waals surface area contributed by atoms with E-state index in [9.17, 15) is 70.2 Å². The number of rotatable bonds is 12. The second kappa shape index (κ2) is 15.0. The Morgan fingerprint density at radius 3 is 1.72 bits per heavy atom. The zero-order valence-electron chi connectivity index (χ0n) is 27.3. The predicted molar refractivity (Wildman–Crippen MR) is 180 cm³/mol. The van der Waals surface area contributed by atoms with Crippen molar-refractivity contribution in [3.05, 3.63) is 100 Å². The second-order valence-corrected chi connectivity index (χ2v) is 12.2. The first-order valence-electron chi connectivity index (χ1n) is 15.7. The number of aliphatic carboxylic acids is 2. The number of carboxylic acids is 2. The van der Waals surface area contributed by atoms with Crippen LogP contribution in [0.3, 0.4) is 0 Å². The molecule has 16 nitrogen and oxygen atoms in total. The van der Waals surface area contributed by atoms with Crippen molar-refractivity contribution < 1.29 is 79.7 Å². The van der Waals surface area contributed by atoms with Crippen LogP contribution in [0.25, 0.3) is 6.08 Å². The summed E-state index contributed by atoms with van der Waals surface area (Å²) < 4.78 is 11.1. The molecule has 0 saturated carbocycles. The number of phenols is 8. The van der Waals surface area contributed by atoms with Crippen molar-refractivity contribution >= 4 is 30.0 Å². The highest BCUT2D eigenvalue weighted by molar-refractivity contribution is 6.01. The molecule has 4 unspecified atom stereocenters. The van der Waals surface area contributed by atoms with Crippen LogP contribution in [-0.2, 0) is 41.5 Å². The number of hydrogen-bond acceptors (Lipinski definition) is 14. The van der Waals surface area contributed by atoms with Crippen molar-refractivity contribution in [2.75, 3.05) is 0 Å². The Bertz CT molecular complexity index is 2140. The summed E-state index contributed by atoms with van der Waals surface area (Å²) in [5, 5.41) is 101. The van der Waals surface area contributed by atoms with E-state index in [1.165, 1.54) is 30.3 Å². The number of aromatic hydroxyl groups is 8. The number of hydrogen-bond donors (Lipinski definition) is 10. The Balaban J connectivity index is 1.61. The topological polar surface area (TPSA) is 289 Å². The van der Waals surface area contributed by atoms with Crippen LogP contribution >= 0.6 is 0 Å². The first-order chi connectivity index (χ1) is 25.0. The zero-order chi connectivity index (χ0) is 38.7. The Labute approximate surface area is 298 Å². The van der Waals surface area contributed by atoms with Gasteiger partial charge < -0.3 is 60.5 Å². The lowest BCUT2D eigenvalue weighted by atomic mass is 9.71. The summed E-state index contributed by atoms with van der Waals surface area (Å²) in [6, 6.07) is 12.5. The first kappa shape index (κ1) is 37.2. The van der Waals surface area contributed by atoms with Gasteiger partial charge in [-0.3, -0.25) is 9.59 Å². The van der Waals surface area contributed by atoms with Gasteiger partial charge in [-0.05, 0) is 70.8 Å². The normalized spacial score (nSPS) is 16.0. The van der Waals surface area contributed by atoms with Gasteiger partial charge in [-0.2, -0.15) is 0 Å². The van der Waals surface area contributed by atoms with E-state index in [0.29, 0.717) is 0 Å². The fourth-order valence-electron chi connectivity index (χ4n) is 6.05. The number of carboxylic acid groups (broad SMARTS) is 2. The lowest BCUT2D eigenvalue weighted by molar-refractivity contribution is -0.165. The molecule has 1 aliphatic carbocycles. The van der Waals surface area contributed by atoms with Crippen LogP contribution in [0.15, 0.2) is 72.3 Å². The highest BCUT2D eigenvalue weighted by Gasteiger charge is 2.45. The van der Waals surface area contributed by atoms with Gasteiger partial charge in [-0.15, -0.1) is 0 Å². The minimum Gasteiger partial charge on any atom is -0.504 e. The number of fused-ring (bicyclic) bond motifs is 1. The predicted octanol–water partition coefficient (Wildman–Crippen LogP) is 3.46. The molecule has 276 valence electrons. The zero-order valence-corrected chi connectivity index (χ0v) is 27.3. The maximum atomic E-state index is 14.2. The van der Waals surface area contributed by atoms with Crippen LogP contribution in [0.1, 0.15) is 46.1 Å². The molecule has 0 aromatic heterocycles. The third kappa shape index (κ3) is 8.12. The fraction of sp³-hybridized carbons (Fsp3) is 0.189. The van der Waals surface area contributed by atoms with Crippen LogP contribution in [0.4, 0.5) is 0 Å². The number of carbonyl (C=O) groups is 4. The molecule has 0 heterocycles. The minimum absolute atomic E-state index is 0.0398. The van der Waals surface area contributed by atoms with E-state index in [1.807, 2.05) is 0 Å². The average molecular weight is 733 g/mol. The highest BCUT2D eigenvalue weighted by Crippen LogP contribution is 2.52. The molecule has 0 saturated heterocycles. The van der Waals surface area contributed by atoms with Gasteiger partial charge in [0.1, 0.15) is 6.10 Å². The largest absolute Gasteiger partial charge is 0.504 e. The van der Waals surface area contributed by atoms with E-state index in [0.717, 1.165) is 42.5 Å². The summed E-state index contributed by atoms with van der Waals surface area (Å²) in [7, 11) is 0. The molecule has 10 N–H and O–H groups in total. The van der Waals surface area contributed by atoms with Crippen LogP contribution < -0.4 is 0 Å². The third-order valence-corrected chi connectivity index (χ3v) is 8.54. The fourth-order valence-corrected chi connectivity index (χ4v) is 6.05. The molecule has 0 amide bonds. The Hall–Kier alpha value is -7.10. The Morgan fingerprint density at radius 1 is 0.623 bits per heavy atom. The number of esters is 2. The van der Waals surface area contributed by atoms with E-state index in [1.54, 1.807) is 0 Å². The SMILES string of the molecule is O=C(O)CC(Cc1ccc(O)c(O)c1)OC(=O)C1=Cc2ccc(O)c(O)c2C(C(=O)OC(Cc2ccc(O)c(O)c2)C(=O)O)C1c1ccc(O)c(O)c1. The number of ether oxygens (including phenoxy) is 2. The van der Waals surface area contributed by atoms with Gasteiger partial charge in [0, 0.05) is 29.9 Å². The lowest BCUT2D eigenvalue weighted by Gasteiger charge is -2.34. The smallest absolute Gasteiger partial charge is 0.345 e. The summed E-state index contributed by atoms with van der Waals surface area (Å²) in [6.45, 7) is 0. The quantitative estimate of drug-likeness (QED) is 0.0737. The molecule has 0 radical (unpaired) electrons. The molecule has 4 atom stereocenters. The molecule has 4 aromatic carbocycles. The van der Waals surface area contributed by atoms with Crippen molar-refractivity contribution in [3.63, 3.8) is 0 Å². The monoisotopic (exact) mass is 732 g/mol. The van der Waals surface area contributed by atoms with E-state index in [4.69, 9.17) is 9.47 Å². The first-order valence-corrected chi connectivity index (χ1v) is 15.7. The maximum absolute atomic E-state index is 14.2. The number of benzene rings is 4. The van der Waals surface area contributed by atoms with Gasteiger partial charge in [-0.1, -0.05) is 24.3 Å². The van der Waals surface area contributed by atoms with E-state index in [-0.39, 0.29) is 39.8 Å². The highest BCUT2D eigenvalue weighted by atomic mass is 16.6.